The molecule has 116 valence electrons. The first kappa shape index (κ1) is 16.3. The average molecular weight is 309 g/mol. The summed E-state index contributed by atoms with van der Waals surface area (Å²) in [6.07, 6.45) is 3.21. The molecule has 2 atom stereocenters. The largest absolute Gasteiger partial charge is 0.342 e. The SMILES string of the molecule is CNC1CCN(C(=O)C2CC2c2ccccc2C)CC1.Cl. The van der Waals surface area contributed by atoms with Crippen molar-refractivity contribution < 1.29 is 4.79 Å². The maximum absolute atomic E-state index is 12.6. The lowest BCUT2D eigenvalue weighted by atomic mass is 10.0. The number of carbonyl (C=O) groups excluding carboxylic acids is 1. The number of likely N-dealkylation sites (tertiary alicyclic amines) is 1. The molecule has 3 rings (SSSR count). The number of aryl methyl sites for hydroxylation is 1. The molecule has 1 aromatic carbocycles. The summed E-state index contributed by atoms with van der Waals surface area (Å²) in [7, 11) is 2.01. The topological polar surface area (TPSA) is 32.3 Å². The van der Waals surface area contributed by atoms with E-state index in [0.29, 0.717) is 17.9 Å². The number of hydrogen-bond acceptors (Lipinski definition) is 2. The van der Waals surface area contributed by atoms with Crippen LogP contribution in [0.1, 0.15) is 36.3 Å². The summed E-state index contributed by atoms with van der Waals surface area (Å²) >= 11 is 0. The van der Waals surface area contributed by atoms with Crippen LogP contribution in [0.25, 0.3) is 0 Å². The van der Waals surface area contributed by atoms with Crippen LogP contribution in [-0.2, 0) is 4.79 Å². The molecule has 4 heteroatoms. The average Bonchev–Trinajstić information content (AvgIpc) is 3.27. The first-order valence-electron chi connectivity index (χ1n) is 7.72. The number of carbonyl (C=O) groups is 1. The van der Waals surface area contributed by atoms with E-state index in [1.807, 2.05) is 7.05 Å². The number of rotatable bonds is 3. The third-order valence-electron chi connectivity index (χ3n) is 4.91. The van der Waals surface area contributed by atoms with Crippen LogP contribution in [-0.4, -0.2) is 37.0 Å². The predicted molar refractivity (Wildman–Crippen MR) is 87.9 cm³/mol. The van der Waals surface area contributed by atoms with E-state index in [-0.39, 0.29) is 18.3 Å². The third-order valence-corrected chi connectivity index (χ3v) is 4.91. The van der Waals surface area contributed by atoms with E-state index in [4.69, 9.17) is 0 Å². The van der Waals surface area contributed by atoms with Crippen LogP contribution in [0, 0.1) is 12.8 Å². The minimum absolute atomic E-state index is 0. The summed E-state index contributed by atoms with van der Waals surface area (Å²) in [5, 5.41) is 3.31. The molecule has 21 heavy (non-hydrogen) atoms. The zero-order valence-corrected chi connectivity index (χ0v) is 13.7. The maximum Gasteiger partial charge on any atom is 0.226 e. The van der Waals surface area contributed by atoms with Crippen LogP contribution in [0.2, 0.25) is 0 Å². The van der Waals surface area contributed by atoms with E-state index < -0.39 is 0 Å². The van der Waals surface area contributed by atoms with Gasteiger partial charge < -0.3 is 10.2 Å². The molecule has 1 saturated carbocycles. The minimum atomic E-state index is 0. The minimum Gasteiger partial charge on any atom is -0.342 e. The first-order chi connectivity index (χ1) is 9.70. The standard InChI is InChI=1S/C17H24N2O.ClH/c1-12-5-3-4-6-14(12)15-11-16(15)17(20)19-9-7-13(18-2)8-10-19;/h3-6,13,15-16,18H,7-11H2,1-2H3;1H. The highest BCUT2D eigenvalue weighted by Crippen LogP contribution is 2.49. The number of piperidine rings is 1. The Balaban J connectivity index is 0.00000161. The fourth-order valence-corrected chi connectivity index (χ4v) is 3.44. The molecule has 1 amide bonds. The second-order valence-electron chi connectivity index (χ2n) is 6.19. The van der Waals surface area contributed by atoms with Crippen LogP contribution in [0.4, 0.5) is 0 Å². The van der Waals surface area contributed by atoms with Gasteiger partial charge in [0, 0.05) is 25.0 Å². The van der Waals surface area contributed by atoms with E-state index in [1.54, 1.807) is 0 Å². The first-order valence-corrected chi connectivity index (χ1v) is 7.72. The predicted octanol–water partition coefficient (Wildman–Crippen LogP) is 2.73. The zero-order valence-electron chi connectivity index (χ0n) is 12.8. The molecule has 2 unspecified atom stereocenters. The molecule has 1 saturated heterocycles. The maximum atomic E-state index is 12.6. The highest BCUT2D eigenvalue weighted by Gasteiger charge is 2.46. The van der Waals surface area contributed by atoms with E-state index in [0.717, 1.165) is 32.4 Å². The van der Waals surface area contributed by atoms with Crippen molar-refractivity contribution in [3.63, 3.8) is 0 Å². The summed E-state index contributed by atoms with van der Waals surface area (Å²) in [6.45, 7) is 3.98. The van der Waals surface area contributed by atoms with Gasteiger partial charge in [-0.3, -0.25) is 4.79 Å². The van der Waals surface area contributed by atoms with Crippen LogP contribution in [0.3, 0.4) is 0 Å². The van der Waals surface area contributed by atoms with Gasteiger partial charge in [0.1, 0.15) is 0 Å². The van der Waals surface area contributed by atoms with Crippen LogP contribution in [0.15, 0.2) is 24.3 Å². The van der Waals surface area contributed by atoms with Crippen molar-refractivity contribution in [3.05, 3.63) is 35.4 Å². The Hall–Kier alpha value is -1.06. The number of halogens is 1. The van der Waals surface area contributed by atoms with Crippen molar-refractivity contribution in [2.75, 3.05) is 20.1 Å². The van der Waals surface area contributed by atoms with Crippen LogP contribution in [0.5, 0.6) is 0 Å². The number of benzene rings is 1. The quantitative estimate of drug-likeness (QED) is 0.931. The number of hydrogen-bond donors (Lipinski definition) is 1. The van der Waals surface area contributed by atoms with Gasteiger partial charge in [-0.1, -0.05) is 24.3 Å². The second kappa shape index (κ2) is 6.80. The highest BCUT2D eigenvalue weighted by atomic mass is 35.5. The van der Waals surface area contributed by atoms with Gasteiger partial charge in [0.25, 0.3) is 0 Å². The molecule has 0 aromatic heterocycles. The lowest BCUT2D eigenvalue weighted by Crippen LogP contribution is -2.44. The number of nitrogens with one attached hydrogen (secondary N) is 1. The van der Waals surface area contributed by atoms with Gasteiger partial charge in [-0.25, -0.2) is 0 Å². The molecule has 1 aromatic rings. The summed E-state index contributed by atoms with van der Waals surface area (Å²) in [5.41, 5.74) is 2.69. The molecule has 0 radical (unpaired) electrons. The Bertz CT molecular complexity index is 497. The van der Waals surface area contributed by atoms with Gasteiger partial charge in [-0.15, -0.1) is 12.4 Å². The Morgan fingerprint density at radius 1 is 1.24 bits per heavy atom. The summed E-state index contributed by atoms with van der Waals surface area (Å²) in [4.78, 5) is 14.6. The Kier molecular flexibility index (Phi) is 5.28. The van der Waals surface area contributed by atoms with Gasteiger partial charge in [-0.05, 0) is 50.3 Å². The van der Waals surface area contributed by atoms with E-state index in [9.17, 15) is 4.79 Å². The van der Waals surface area contributed by atoms with Crippen molar-refractivity contribution in [2.45, 2.75) is 38.1 Å². The summed E-state index contributed by atoms with van der Waals surface area (Å²) in [6, 6.07) is 9.07. The smallest absolute Gasteiger partial charge is 0.226 e. The highest BCUT2D eigenvalue weighted by molar-refractivity contribution is 5.85. The monoisotopic (exact) mass is 308 g/mol. The molecule has 1 aliphatic carbocycles. The molecule has 3 nitrogen and oxygen atoms in total. The third kappa shape index (κ3) is 3.41. The second-order valence-corrected chi connectivity index (χ2v) is 6.19. The number of amides is 1. The van der Waals surface area contributed by atoms with Gasteiger partial charge in [0.15, 0.2) is 0 Å². The van der Waals surface area contributed by atoms with Gasteiger partial charge in [-0.2, -0.15) is 0 Å². The molecule has 0 bridgehead atoms. The number of nitrogens with zero attached hydrogens (tertiary/aromatic N) is 1. The Morgan fingerprint density at radius 2 is 1.90 bits per heavy atom. The summed E-state index contributed by atoms with van der Waals surface area (Å²) in [5.74, 6) is 1.08. The fourth-order valence-electron chi connectivity index (χ4n) is 3.44. The lowest BCUT2D eigenvalue weighted by molar-refractivity contribution is -0.133. The molecule has 2 fully saturated rings. The van der Waals surface area contributed by atoms with Crippen molar-refractivity contribution >= 4 is 18.3 Å². The Labute approximate surface area is 133 Å². The van der Waals surface area contributed by atoms with Gasteiger partial charge in [0.05, 0.1) is 0 Å². The molecule has 2 aliphatic rings. The van der Waals surface area contributed by atoms with Gasteiger partial charge in [0.2, 0.25) is 5.91 Å². The van der Waals surface area contributed by atoms with Crippen molar-refractivity contribution in [1.29, 1.82) is 0 Å². The molecule has 1 N–H and O–H groups in total. The van der Waals surface area contributed by atoms with E-state index >= 15 is 0 Å². The van der Waals surface area contributed by atoms with E-state index in [1.165, 1.54) is 11.1 Å². The van der Waals surface area contributed by atoms with Crippen molar-refractivity contribution in [1.82, 2.24) is 10.2 Å². The molecular weight excluding hydrogens is 284 g/mol. The molecule has 1 aliphatic heterocycles. The summed E-state index contributed by atoms with van der Waals surface area (Å²) < 4.78 is 0. The van der Waals surface area contributed by atoms with Crippen molar-refractivity contribution in [2.24, 2.45) is 5.92 Å². The molecular formula is C17H25ClN2O. The lowest BCUT2D eigenvalue weighted by Gasteiger charge is -2.32. The Morgan fingerprint density at radius 3 is 2.52 bits per heavy atom. The van der Waals surface area contributed by atoms with Crippen LogP contribution < -0.4 is 5.32 Å². The van der Waals surface area contributed by atoms with Crippen LogP contribution >= 0.6 is 12.4 Å². The fraction of sp³-hybridized carbons (Fsp3) is 0.588. The van der Waals surface area contributed by atoms with E-state index in [2.05, 4.69) is 41.4 Å². The normalized spacial score (nSPS) is 25.3. The van der Waals surface area contributed by atoms with Gasteiger partial charge >= 0.3 is 0 Å². The molecule has 0 spiro atoms. The van der Waals surface area contributed by atoms with Crippen molar-refractivity contribution in [3.8, 4) is 0 Å². The zero-order chi connectivity index (χ0) is 14.1. The molecule has 1 heterocycles.